The number of ether oxygens (including phenoxy) is 2. The van der Waals surface area contributed by atoms with Crippen LogP contribution in [0.5, 0.6) is 5.75 Å². The summed E-state index contributed by atoms with van der Waals surface area (Å²) in [6.45, 7) is 0.842. The first-order valence-electron chi connectivity index (χ1n) is 14.9. The highest BCUT2D eigenvalue weighted by Gasteiger charge is 2.18. The Morgan fingerprint density at radius 3 is 2.78 bits per heavy atom. The first-order chi connectivity index (χ1) is 22.5. The molecule has 5 rings (SSSR count). The van der Waals surface area contributed by atoms with Gasteiger partial charge in [-0.05, 0) is 67.4 Å². The quantitative estimate of drug-likeness (QED) is 0.0954. The van der Waals surface area contributed by atoms with Crippen LogP contribution in [0.25, 0.3) is 22.2 Å². The minimum Gasteiger partial charge on any atom is -0.487 e. The number of halogens is 1. The first kappa shape index (κ1) is 29.3. The average Bonchev–Trinajstić information content (AvgIpc) is 3.52. The summed E-state index contributed by atoms with van der Waals surface area (Å²) in [6.07, 6.45) is 0.348. The Morgan fingerprint density at radius 2 is 2.00 bits per heavy atom. The Hall–Kier alpha value is -4.41. The molecule has 0 radical (unpaired) electrons. The van der Waals surface area contributed by atoms with Gasteiger partial charge >= 0.3 is 14.3 Å². The van der Waals surface area contributed by atoms with Crippen LogP contribution in [-0.4, -0.2) is 39.1 Å². The van der Waals surface area contributed by atoms with Gasteiger partial charge in [-0.1, -0.05) is 48.4 Å². The van der Waals surface area contributed by atoms with E-state index in [9.17, 15) is 9.36 Å². The van der Waals surface area contributed by atoms with Crippen LogP contribution in [0.2, 0.25) is 5.02 Å². The van der Waals surface area contributed by atoms with Gasteiger partial charge in [0.25, 0.3) is 0 Å². The largest absolute Gasteiger partial charge is 0.487 e. The van der Waals surface area contributed by atoms with E-state index in [0.29, 0.717) is 51.1 Å². The Kier molecular flexibility index (Phi) is 9.80. The van der Waals surface area contributed by atoms with Gasteiger partial charge in [0.1, 0.15) is 36.0 Å². The molecule has 0 fully saturated rings. The molecule has 0 bridgehead atoms. The Morgan fingerprint density at radius 1 is 1.13 bits per heavy atom. The number of nitrogens with one attached hydrogen (secondary N) is 1. The van der Waals surface area contributed by atoms with E-state index in [2.05, 4.69) is 25.9 Å². The van der Waals surface area contributed by atoms with E-state index in [1.54, 1.807) is 31.2 Å². The number of fused-ring (bicyclic) bond motifs is 1. The SMILES string of the molecule is [2H]C([2H])(CC)N(Cc1ccc(-c2ccc3ncnc(Nc4ccc(OCc5cccc(C)c5)c(Cl)c4)c3c2)o1)C(=O)OCO[PH](=O)O. The minimum atomic E-state index is -3.32. The molecule has 0 aliphatic carbocycles. The molecule has 2 N–H and O–H groups in total. The molecule has 2 aromatic heterocycles. The van der Waals surface area contributed by atoms with Gasteiger partial charge in [0.15, 0.2) is 0 Å². The molecule has 1 unspecified atom stereocenters. The zero-order valence-corrected chi connectivity index (χ0v) is 26.2. The smallest absolute Gasteiger partial charge is 0.412 e. The lowest BCUT2D eigenvalue weighted by molar-refractivity contribution is 0.0312. The normalized spacial score (nSPS) is 12.7. The van der Waals surface area contributed by atoms with Gasteiger partial charge in [0.2, 0.25) is 6.79 Å². The van der Waals surface area contributed by atoms with E-state index in [-0.39, 0.29) is 18.7 Å². The molecular formula is C32H32ClN4O7P. The van der Waals surface area contributed by atoms with Crippen molar-refractivity contribution in [1.29, 1.82) is 0 Å². The molecule has 0 aliphatic rings. The maximum absolute atomic E-state index is 12.6. The molecule has 45 heavy (non-hydrogen) atoms. The van der Waals surface area contributed by atoms with Crippen molar-refractivity contribution < 1.29 is 35.4 Å². The van der Waals surface area contributed by atoms with Gasteiger partial charge in [-0.3, -0.25) is 9.09 Å². The zero-order valence-electron chi connectivity index (χ0n) is 26.5. The summed E-state index contributed by atoms with van der Waals surface area (Å²) in [5, 5.41) is 4.44. The molecule has 0 saturated heterocycles. The second-order valence-corrected chi connectivity index (χ2v) is 11.0. The summed E-state index contributed by atoms with van der Waals surface area (Å²) in [5.74, 6) is 1.83. The fourth-order valence-corrected chi connectivity index (χ4v) is 4.86. The predicted molar refractivity (Wildman–Crippen MR) is 172 cm³/mol. The van der Waals surface area contributed by atoms with E-state index in [1.807, 2.05) is 49.4 Å². The molecule has 0 spiro atoms. The summed E-state index contributed by atoms with van der Waals surface area (Å²) < 4.78 is 48.5. The van der Waals surface area contributed by atoms with Crippen molar-refractivity contribution in [3.63, 3.8) is 0 Å². The van der Waals surface area contributed by atoms with Gasteiger partial charge in [0.05, 0.1) is 17.1 Å². The van der Waals surface area contributed by atoms with E-state index in [4.69, 9.17) is 33.1 Å². The number of rotatable bonds is 13. The van der Waals surface area contributed by atoms with E-state index < -0.39 is 27.6 Å². The predicted octanol–water partition coefficient (Wildman–Crippen LogP) is 7.88. The minimum absolute atomic E-state index is 0.0397. The number of carbonyl (C=O) groups excluding carboxylic acids is 1. The standard InChI is InChI=1S/C32H32ClN4O7P/c1-3-13-37(32(38)42-20-43-45(39)40)17-25-9-12-29(44-25)23-7-10-28-26(15-23)31(35-19-34-28)36-24-8-11-30(27(33)16-24)41-18-22-6-4-5-21(2)14-22/h4-12,14-16,19,45H,3,13,17-18,20H2,1-2H3,(H,39,40)(H,34,35,36)/i13D2. The number of furan rings is 1. The Bertz CT molecular complexity index is 1910. The number of carbonyl (C=O) groups is 1. The van der Waals surface area contributed by atoms with E-state index >= 15 is 0 Å². The van der Waals surface area contributed by atoms with Gasteiger partial charge in [-0.15, -0.1) is 0 Å². The van der Waals surface area contributed by atoms with E-state index in [1.165, 1.54) is 6.33 Å². The highest BCUT2D eigenvalue weighted by Crippen LogP contribution is 2.33. The Balaban J connectivity index is 1.32. The number of aryl methyl sites for hydroxylation is 1. The van der Waals surface area contributed by atoms with Crippen molar-refractivity contribution in [3.05, 3.63) is 101 Å². The molecule has 0 saturated carbocycles. The van der Waals surface area contributed by atoms with Crippen molar-refractivity contribution in [1.82, 2.24) is 14.9 Å². The molecular weight excluding hydrogens is 619 g/mol. The molecule has 2 heterocycles. The summed E-state index contributed by atoms with van der Waals surface area (Å²) >= 11 is 6.56. The van der Waals surface area contributed by atoms with Gasteiger partial charge in [0, 0.05) is 25.9 Å². The maximum Gasteiger partial charge on any atom is 0.412 e. The van der Waals surface area contributed by atoms with Crippen LogP contribution in [0.1, 0.15) is 33.0 Å². The zero-order chi connectivity index (χ0) is 33.6. The molecule has 11 nitrogen and oxygen atoms in total. The number of hydrogen-bond acceptors (Lipinski definition) is 9. The maximum atomic E-state index is 12.6. The van der Waals surface area contributed by atoms with Crippen molar-refractivity contribution >= 4 is 48.4 Å². The second-order valence-electron chi connectivity index (χ2n) is 9.80. The number of anilines is 2. The number of benzene rings is 3. The van der Waals surface area contributed by atoms with Crippen LogP contribution in [0, 0.1) is 6.92 Å². The number of nitrogens with zero attached hydrogens (tertiary/aromatic N) is 3. The Labute approximate surface area is 268 Å². The number of aromatic nitrogens is 2. The molecule has 234 valence electrons. The second kappa shape index (κ2) is 15.0. The number of hydrogen-bond donors (Lipinski definition) is 2. The van der Waals surface area contributed by atoms with Crippen LogP contribution >= 0.6 is 19.9 Å². The van der Waals surface area contributed by atoms with Crippen LogP contribution in [0.15, 0.2) is 83.5 Å². The lowest BCUT2D eigenvalue weighted by Gasteiger charge is -2.20. The van der Waals surface area contributed by atoms with Crippen LogP contribution in [0.3, 0.4) is 0 Å². The summed E-state index contributed by atoms with van der Waals surface area (Å²) in [7, 11) is -3.32. The van der Waals surface area contributed by atoms with Crippen LogP contribution < -0.4 is 10.1 Å². The molecule has 1 amide bonds. The molecule has 1 atom stereocenters. The molecule has 3 aromatic carbocycles. The third kappa shape index (κ3) is 8.61. The van der Waals surface area contributed by atoms with Crippen LogP contribution in [-0.2, 0) is 27.0 Å². The van der Waals surface area contributed by atoms with Crippen molar-refractivity contribution in [3.8, 4) is 17.1 Å². The summed E-state index contributed by atoms with van der Waals surface area (Å²) in [5.41, 5.74) is 4.26. The van der Waals surface area contributed by atoms with E-state index in [0.717, 1.165) is 16.0 Å². The van der Waals surface area contributed by atoms with Crippen molar-refractivity contribution in [2.75, 3.05) is 18.6 Å². The first-order valence-corrected chi connectivity index (χ1v) is 15.6. The third-order valence-corrected chi connectivity index (χ3v) is 7.16. The topological polar surface area (TPSA) is 136 Å². The van der Waals surface area contributed by atoms with Crippen molar-refractivity contribution in [2.24, 2.45) is 0 Å². The van der Waals surface area contributed by atoms with Gasteiger partial charge in [-0.2, -0.15) is 0 Å². The number of amides is 1. The lowest BCUT2D eigenvalue weighted by Crippen LogP contribution is -2.32. The monoisotopic (exact) mass is 652 g/mol. The molecule has 0 aliphatic heterocycles. The fourth-order valence-electron chi connectivity index (χ4n) is 4.46. The third-order valence-electron chi connectivity index (χ3n) is 6.50. The van der Waals surface area contributed by atoms with Gasteiger partial charge < -0.3 is 29.0 Å². The molecule has 13 heteroatoms. The highest BCUT2D eigenvalue weighted by atomic mass is 35.5. The van der Waals surface area contributed by atoms with Gasteiger partial charge in [-0.25, -0.2) is 14.8 Å². The summed E-state index contributed by atoms with van der Waals surface area (Å²) in [6, 6.07) is 22.3. The van der Waals surface area contributed by atoms with Crippen molar-refractivity contribution in [2.45, 2.75) is 33.4 Å². The highest BCUT2D eigenvalue weighted by molar-refractivity contribution is 7.32. The lowest BCUT2D eigenvalue weighted by atomic mass is 10.1. The summed E-state index contributed by atoms with van der Waals surface area (Å²) in [4.78, 5) is 31.1. The molecule has 5 aromatic rings. The fraction of sp³-hybridized carbons (Fsp3) is 0.219. The van der Waals surface area contributed by atoms with Crippen LogP contribution in [0.4, 0.5) is 16.3 Å². The average molecular weight is 653 g/mol.